The highest BCUT2D eigenvalue weighted by Gasteiger charge is 2.62. The van der Waals surface area contributed by atoms with Crippen LogP contribution < -0.4 is 19.3 Å². The van der Waals surface area contributed by atoms with Gasteiger partial charge in [-0.3, -0.25) is 23.4 Å². The second-order valence-corrected chi connectivity index (χ2v) is 23.7. The molecule has 5 atom stereocenters. The number of nitrogens with zero attached hydrogens (tertiary/aromatic N) is 2. The minimum atomic E-state index is -4.99. The van der Waals surface area contributed by atoms with Gasteiger partial charge in [0.2, 0.25) is 17.7 Å². The lowest BCUT2D eigenvalue weighted by atomic mass is 9.77. The van der Waals surface area contributed by atoms with Gasteiger partial charge < -0.3 is 19.1 Å². The van der Waals surface area contributed by atoms with Crippen molar-refractivity contribution in [1.82, 2.24) is 14.6 Å². The molecule has 71 heavy (non-hydrogen) atoms. The molecule has 17 nitrogen and oxygen atoms in total. The van der Waals surface area contributed by atoms with Crippen LogP contribution in [0.25, 0.3) is 10.9 Å². The average Bonchev–Trinajstić information content (AvgIpc) is 4.14. The summed E-state index contributed by atoms with van der Waals surface area (Å²) in [4.78, 5) is 62.0. The van der Waals surface area contributed by atoms with Crippen LogP contribution in [0.1, 0.15) is 126 Å². The van der Waals surface area contributed by atoms with E-state index in [-0.39, 0.29) is 57.4 Å². The zero-order chi connectivity index (χ0) is 53.6. The molecule has 2 heterocycles. The minimum absolute atomic E-state index is 0.0297. The number of amides is 2. The summed E-state index contributed by atoms with van der Waals surface area (Å²) in [5, 5.41) is 5.35. The van der Waals surface area contributed by atoms with Gasteiger partial charge in [0.15, 0.2) is 5.78 Å². The van der Waals surface area contributed by atoms with Crippen LogP contribution in [0.4, 0.5) is 26.3 Å². The van der Waals surface area contributed by atoms with Crippen molar-refractivity contribution in [2.45, 2.75) is 167 Å². The Labute approximate surface area is 414 Å². The molecule has 4 fully saturated rings. The second kappa shape index (κ2) is 20.7. The second-order valence-electron chi connectivity index (χ2n) is 20.8. The Morgan fingerprint density at radius 2 is 1.49 bits per heavy atom. The summed E-state index contributed by atoms with van der Waals surface area (Å²) in [6.45, 7) is 14.3. The molecule has 1 saturated heterocycles. The van der Waals surface area contributed by atoms with E-state index >= 15 is 0 Å². The van der Waals surface area contributed by atoms with Gasteiger partial charge in [-0.1, -0.05) is 51.8 Å². The maximum atomic E-state index is 14.7. The standard InChI is InChI=1S/C40H53ClF3N3O10S.C5H8F3NO3S/c1-9-23-19-39(23,35(51)46-58(52,53)57-38(14-15-38)22-40(42,43)44)20-29(48)28-16-24(55-30-18-31(54-10-2)45-33-25(30)12-11-13-27(33)41)21-47(28)34(50)26(36(3,4)5)17-32(49)56-37(6,7)8;6-5(7,8)3-4(1-2-4)12-13(9,10)11/h11-13,18,23-24,26,28H,9-10,14-17,19-22H2,1-8H3,(H,46,51);1-3H2,(H2,9,10,11)/t23-,24-,26-,28+,39-;/m1./s1. The summed E-state index contributed by atoms with van der Waals surface area (Å²) in [5.74, 6) is -3.56. The average molecular weight is 1080 g/mol. The summed E-state index contributed by atoms with van der Waals surface area (Å²) in [5.41, 5.74) is -6.33. The lowest BCUT2D eigenvalue weighted by Crippen LogP contribution is -2.49. The number of Topliss-reactive ketones (excluding diaryl/α,β-unsaturated/α-hetero) is 1. The van der Waals surface area contributed by atoms with Crippen LogP contribution in [-0.2, 0) is 52.9 Å². The Kier molecular flexibility index (Phi) is 16.9. The molecular weight excluding hydrogens is 1020 g/mol. The van der Waals surface area contributed by atoms with Gasteiger partial charge in [-0.25, -0.2) is 19.0 Å². The number of nitrogens with two attached hydrogens (primary N) is 1. The highest BCUT2D eigenvalue weighted by molar-refractivity contribution is 7.85. The first-order valence-corrected chi connectivity index (χ1v) is 26.2. The summed E-state index contributed by atoms with van der Waals surface area (Å²) >= 11 is 6.49. The van der Waals surface area contributed by atoms with Crippen LogP contribution in [0.5, 0.6) is 11.6 Å². The number of hydrogen-bond donors (Lipinski definition) is 2. The van der Waals surface area contributed by atoms with Crippen LogP contribution in [-0.4, -0.2) is 105 Å². The SMILES string of the molecule is CCOc1cc(O[C@@H]2C[C@@H](C(=O)C[C@]3(C(=O)NS(=O)(=O)OC4(CC(F)(F)F)CC4)C[C@H]3CC)N(C(=O)[C@@H](CC(=O)OC(C)(C)C)C(C)(C)C)C2)c2cccc(Cl)c2n1.NS(=O)(=O)OC1(CC(F)(F)F)CC1. The van der Waals surface area contributed by atoms with Crippen molar-refractivity contribution in [1.29, 1.82) is 0 Å². The fourth-order valence-corrected chi connectivity index (χ4v) is 10.9. The third-order valence-electron chi connectivity index (χ3n) is 12.5. The van der Waals surface area contributed by atoms with Gasteiger partial charge in [-0.05, 0) is 83.3 Å². The number of ether oxygens (including phenoxy) is 3. The quantitative estimate of drug-likeness (QED) is 0.100. The monoisotopic (exact) mass is 1080 g/mol. The third kappa shape index (κ3) is 16.2. The van der Waals surface area contributed by atoms with E-state index < -0.39 is 127 Å². The number of carbonyl (C=O) groups excluding carboxylic acids is 4. The Morgan fingerprint density at radius 1 is 0.915 bits per heavy atom. The Hall–Kier alpha value is -4.04. The summed E-state index contributed by atoms with van der Waals surface area (Å²) in [6.07, 6.45) is -13.1. The Morgan fingerprint density at radius 3 is 1.97 bits per heavy atom. The molecule has 2 amide bonds. The number of likely N-dealkylation sites (tertiary alicyclic amines) is 1. The maximum absolute atomic E-state index is 14.7. The van der Waals surface area contributed by atoms with Crippen LogP contribution in [0.3, 0.4) is 0 Å². The highest BCUT2D eigenvalue weighted by Crippen LogP contribution is 2.58. The van der Waals surface area contributed by atoms with Crippen molar-refractivity contribution in [3.63, 3.8) is 0 Å². The molecule has 3 aliphatic carbocycles. The number of esters is 1. The smallest absolute Gasteiger partial charge is 0.391 e. The molecule has 6 rings (SSSR count). The summed E-state index contributed by atoms with van der Waals surface area (Å²) < 4.78 is 150. The number of nitrogens with one attached hydrogen (secondary N) is 1. The molecule has 0 spiro atoms. The number of para-hydroxylation sites is 1. The fourth-order valence-electron chi connectivity index (χ4n) is 8.83. The number of halogens is 7. The number of ketones is 1. The molecule has 0 radical (unpaired) electrons. The molecule has 2 aromatic rings. The Balaban J connectivity index is 0.000000624. The van der Waals surface area contributed by atoms with Gasteiger partial charge in [0.25, 0.3) is 0 Å². The van der Waals surface area contributed by atoms with Crippen molar-refractivity contribution in [3.05, 3.63) is 29.3 Å². The van der Waals surface area contributed by atoms with Gasteiger partial charge in [-0.15, -0.1) is 0 Å². The van der Waals surface area contributed by atoms with Crippen molar-refractivity contribution in [3.8, 4) is 11.6 Å². The van der Waals surface area contributed by atoms with Gasteiger partial charge >= 0.3 is 38.9 Å². The first-order chi connectivity index (χ1) is 32.3. The van der Waals surface area contributed by atoms with E-state index in [9.17, 15) is 62.4 Å². The first-order valence-electron chi connectivity index (χ1n) is 22.9. The highest BCUT2D eigenvalue weighted by atomic mass is 35.5. The molecule has 1 aromatic carbocycles. The van der Waals surface area contributed by atoms with Gasteiger partial charge in [-0.2, -0.15) is 43.2 Å². The normalized spacial score (nSPS) is 23.2. The Bertz CT molecular complexity index is 2560. The summed E-state index contributed by atoms with van der Waals surface area (Å²) in [6, 6.07) is 5.55. The van der Waals surface area contributed by atoms with E-state index in [0.29, 0.717) is 34.7 Å². The fraction of sp³-hybridized carbons (Fsp3) is 0.711. The topological polar surface area (TPSA) is 237 Å². The van der Waals surface area contributed by atoms with Gasteiger partial charge in [0.1, 0.15) is 17.5 Å². The van der Waals surface area contributed by atoms with Gasteiger partial charge in [0, 0.05) is 24.3 Å². The molecule has 0 bridgehead atoms. The molecule has 1 aliphatic heterocycles. The predicted octanol–water partition coefficient (Wildman–Crippen LogP) is 7.96. The number of fused-ring (bicyclic) bond motifs is 1. The number of carbonyl (C=O) groups is 4. The molecule has 0 unspecified atom stereocenters. The number of alkyl halides is 6. The van der Waals surface area contributed by atoms with Crippen LogP contribution in [0, 0.1) is 22.7 Å². The molecule has 26 heteroatoms. The van der Waals surface area contributed by atoms with Crippen molar-refractivity contribution >= 4 is 66.7 Å². The number of benzene rings is 1. The number of rotatable bonds is 19. The molecule has 3 saturated carbocycles. The van der Waals surface area contributed by atoms with E-state index in [1.807, 2.05) is 0 Å². The van der Waals surface area contributed by atoms with Crippen molar-refractivity contribution < 1.29 is 84.9 Å². The number of aromatic nitrogens is 1. The van der Waals surface area contributed by atoms with E-state index in [2.05, 4.69) is 14.3 Å². The minimum Gasteiger partial charge on any atom is -0.488 e. The third-order valence-corrected chi connectivity index (χ3v) is 14.4. The van der Waals surface area contributed by atoms with E-state index in [1.54, 1.807) is 84.4 Å². The van der Waals surface area contributed by atoms with E-state index in [1.165, 1.54) is 4.90 Å². The van der Waals surface area contributed by atoms with E-state index in [4.69, 9.17) is 30.0 Å². The maximum Gasteiger partial charge on any atom is 0.391 e. The molecule has 4 aliphatic rings. The van der Waals surface area contributed by atoms with Crippen molar-refractivity contribution in [2.75, 3.05) is 13.2 Å². The molecular formula is C45H61ClF6N4O13S2. The number of pyridine rings is 1. The molecule has 3 N–H and O–H groups in total. The lowest BCUT2D eigenvalue weighted by Gasteiger charge is -2.35. The number of hydrogen-bond acceptors (Lipinski definition) is 14. The van der Waals surface area contributed by atoms with Gasteiger partial charge in [0.05, 0.1) is 71.5 Å². The van der Waals surface area contributed by atoms with Crippen LogP contribution in [0.15, 0.2) is 24.3 Å². The van der Waals surface area contributed by atoms with Crippen LogP contribution in [0.2, 0.25) is 5.02 Å². The van der Waals surface area contributed by atoms with Crippen molar-refractivity contribution in [2.24, 2.45) is 27.8 Å². The first kappa shape index (κ1) is 57.9. The lowest BCUT2D eigenvalue weighted by molar-refractivity contribution is -0.161. The molecule has 400 valence electrons. The largest absolute Gasteiger partial charge is 0.488 e. The predicted molar refractivity (Wildman–Crippen MR) is 244 cm³/mol. The molecule has 1 aromatic heterocycles. The zero-order valence-electron chi connectivity index (χ0n) is 40.6. The zero-order valence-corrected chi connectivity index (χ0v) is 42.9. The summed E-state index contributed by atoms with van der Waals surface area (Å²) in [7, 11) is -9.28. The van der Waals surface area contributed by atoms with E-state index in [0.717, 1.165) is 0 Å². The van der Waals surface area contributed by atoms with Crippen LogP contribution >= 0.6 is 11.6 Å².